The number of carbonyl (C=O) groups excluding carboxylic acids is 1. The highest BCUT2D eigenvalue weighted by Crippen LogP contribution is 2.36. The molecular weight excluding hydrogens is 324 g/mol. The number of amides is 1. The van der Waals surface area contributed by atoms with Gasteiger partial charge < -0.3 is 14.8 Å². The van der Waals surface area contributed by atoms with E-state index >= 15 is 0 Å². The molecule has 0 aromatic heterocycles. The van der Waals surface area contributed by atoms with Crippen LogP contribution in [0.5, 0.6) is 11.5 Å². The van der Waals surface area contributed by atoms with Gasteiger partial charge in [0.2, 0.25) is 0 Å². The quantitative estimate of drug-likeness (QED) is 0.666. The minimum absolute atomic E-state index is 0.0911. The van der Waals surface area contributed by atoms with Crippen LogP contribution >= 0.6 is 11.6 Å². The van der Waals surface area contributed by atoms with Gasteiger partial charge in [0.15, 0.2) is 0 Å². The van der Waals surface area contributed by atoms with Crippen LogP contribution in [0.4, 0.5) is 11.4 Å². The van der Waals surface area contributed by atoms with E-state index in [0.717, 1.165) is 0 Å². The Bertz CT molecular complexity index is 746. The molecule has 0 saturated heterocycles. The van der Waals surface area contributed by atoms with Gasteiger partial charge in [0, 0.05) is 23.8 Å². The average molecular weight is 337 g/mol. The molecular formula is C15H13ClN2O5. The summed E-state index contributed by atoms with van der Waals surface area (Å²) in [7, 11) is 2.92. The highest BCUT2D eigenvalue weighted by atomic mass is 35.5. The topological polar surface area (TPSA) is 90.7 Å². The zero-order chi connectivity index (χ0) is 17.0. The Kier molecular flexibility index (Phi) is 5.02. The molecule has 0 spiro atoms. The summed E-state index contributed by atoms with van der Waals surface area (Å²) in [5.74, 6) is 0.345. The van der Waals surface area contributed by atoms with E-state index in [1.165, 1.54) is 44.6 Å². The lowest BCUT2D eigenvalue weighted by atomic mass is 10.2. The predicted octanol–water partition coefficient (Wildman–Crippen LogP) is 3.52. The summed E-state index contributed by atoms with van der Waals surface area (Å²) >= 11 is 6.04. The first-order valence-electron chi connectivity index (χ1n) is 6.43. The fraction of sp³-hybridized carbons (Fsp3) is 0.133. The van der Waals surface area contributed by atoms with Gasteiger partial charge in [-0.2, -0.15) is 0 Å². The predicted molar refractivity (Wildman–Crippen MR) is 85.6 cm³/mol. The van der Waals surface area contributed by atoms with E-state index in [9.17, 15) is 14.9 Å². The first kappa shape index (κ1) is 16.6. The number of methoxy groups -OCH3 is 2. The number of benzene rings is 2. The molecule has 1 N–H and O–H groups in total. The van der Waals surface area contributed by atoms with Gasteiger partial charge >= 0.3 is 0 Å². The molecule has 2 aromatic rings. The van der Waals surface area contributed by atoms with E-state index in [0.29, 0.717) is 22.2 Å². The molecule has 0 heterocycles. The van der Waals surface area contributed by atoms with Crippen molar-refractivity contribution in [2.75, 3.05) is 19.5 Å². The molecule has 2 aromatic carbocycles. The average Bonchev–Trinajstić information content (AvgIpc) is 2.55. The maximum absolute atomic E-state index is 12.2. The van der Waals surface area contributed by atoms with Crippen molar-refractivity contribution in [1.82, 2.24) is 0 Å². The number of anilines is 1. The van der Waals surface area contributed by atoms with Gasteiger partial charge in [-0.15, -0.1) is 0 Å². The number of nitro benzene ring substituents is 1. The zero-order valence-electron chi connectivity index (χ0n) is 12.3. The van der Waals surface area contributed by atoms with Gasteiger partial charge in [-0.05, 0) is 18.2 Å². The number of halogens is 1. The fourth-order valence-electron chi connectivity index (χ4n) is 1.89. The van der Waals surface area contributed by atoms with Crippen LogP contribution in [0.1, 0.15) is 10.4 Å². The van der Waals surface area contributed by atoms with E-state index in [1.807, 2.05) is 0 Å². The molecule has 0 unspecified atom stereocenters. The fourth-order valence-corrected chi connectivity index (χ4v) is 2.13. The molecule has 0 radical (unpaired) electrons. The third kappa shape index (κ3) is 3.70. The minimum Gasteiger partial charge on any atom is -0.495 e. The van der Waals surface area contributed by atoms with Gasteiger partial charge in [0.25, 0.3) is 11.6 Å². The maximum Gasteiger partial charge on any atom is 0.269 e. The Labute approximate surface area is 136 Å². The molecule has 0 aliphatic rings. The van der Waals surface area contributed by atoms with Crippen LogP contribution in [0, 0.1) is 10.1 Å². The standard InChI is InChI=1S/C15H13ClN2O5/c1-22-13-8-14(23-2)12(7-11(13)16)17-15(19)9-3-5-10(6-4-9)18(20)21/h3-8H,1-2H3,(H,17,19). The molecule has 0 aliphatic carbocycles. The summed E-state index contributed by atoms with van der Waals surface area (Å²) < 4.78 is 10.3. The highest BCUT2D eigenvalue weighted by Gasteiger charge is 2.14. The molecule has 0 fully saturated rings. The number of hydrogen-bond donors (Lipinski definition) is 1. The third-order valence-electron chi connectivity index (χ3n) is 3.06. The zero-order valence-corrected chi connectivity index (χ0v) is 13.1. The largest absolute Gasteiger partial charge is 0.495 e. The van der Waals surface area contributed by atoms with Crippen LogP contribution in [0.2, 0.25) is 5.02 Å². The summed E-state index contributed by atoms with van der Waals surface area (Å²) in [6.45, 7) is 0. The minimum atomic E-state index is -0.534. The van der Waals surface area contributed by atoms with Gasteiger partial charge in [0.1, 0.15) is 11.5 Å². The van der Waals surface area contributed by atoms with Crippen LogP contribution in [-0.2, 0) is 0 Å². The normalized spacial score (nSPS) is 10.0. The lowest BCUT2D eigenvalue weighted by molar-refractivity contribution is -0.384. The van der Waals surface area contributed by atoms with E-state index in [4.69, 9.17) is 21.1 Å². The molecule has 7 nitrogen and oxygen atoms in total. The van der Waals surface area contributed by atoms with E-state index in [-0.39, 0.29) is 11.3 Å². The molecule has 1 amide bonds. The van der Waals surface area contributed by atoms with Crippen LogP contribution in [0.25, 0.3) is 0 Å². The number of rotatable bonds is 5. The van der Waals surface area contributed by atoms with Crippen molar-refractivity contribution in [3.05, 3.63) is 57.1 Å². The number of carbonyl (C=O) groups is 1. The second-order valence-corrected chi connectivity index (χ2v) is 4.85. The highest BCUT2D eigenvalue weighted by molar-refractivity contribution is 6.32. The Morgan fingerprint density at radius 2 is 1.74 bits per heavy atom. The molecule has 2 rings (SSSR count). The monoisotopic (exact) mass is 336 g/mol. The second-order valence-electron chi connectivity index (χ2n) is 4.45. The first-order valence-corrected chi connectivity index (χ1v) is 6.81. The van der Waals surface area contributed by atoms with Crippen molar-refractivity contribution < 1.29 is 19.2 Å². The van der Waals surface area contributed by atoms with Crippen molar-refractivity contribution in [3.63, 3.8) is 0 Å². The SMILES string of the molecule is COc1cc(OC)c(NC(=O)c2ccc([N+](=O)[O-])cc2)cc1Cl. The summed E-state index contributed by atoms with van der Waals surface area (Å²) in [5, 5.41) is 13.6. The molecule has 120 valence electrons. The number of nitrogens with zero attached hydrogens (tertiary/aromatic N) is 1. The Hall–Kier alpha value is -2.80. The molecule has 8 heteroatoms. The molecule has 23 heavy (non-hydrogen) atoms. The van der Waals surface area contributed by atoms with Gasteiger partial charge in [-0.25, -0.2) is 0 Å². The molecule has 0 bridgehead atoms. The van der Waals surface area contributed by atoms with Crippen molar-refractivity contribution in [1.29, 1.82) is 0 Å². The summed E-state index contributed by atoms with van der Waals surface area (Å²) in [6, 6.07) is 8.30. The number of non-ortho nitro benzene ring substituents is 1. The van der Waals surface area contributed by atoms with Gasteiger partial charge in [-0.1, -0.05) is 11.6 Å². The van der Waals surface area contributed by atoms with Gasteiger partial charge in [-0.3, -0.25) is 14.9 Å². The van der Waals surface area contributed by atoms with Crippen LogP contribution in [-0.4, -0.2) is 25.1 Å². The van der Waals surface area contributed by atoms with Crippen molar-refractivity contribution in [2.24, 2.45) is 0 Å². The Balaban J connectivity index is 2.26. The van der Waals surface area contributed by atoms with Crippen molar-refractivity contribution in [2.45, 2.75) is 0 Å². The first-order chi connectivity index (χ1) is 11.0. The second kappa shape index (κ2) is 6.97. The van der Waals surface area contributed by atoms with Crippen molar-refractivity contribution in [3.8, 4) is 11.5 Å². The summed E-state index contributed by atoms with van der Waals surface area (Å²) in [5.41, 5.74) is 0.540. The lowest BCUT2D eigenvalue weighted by Gasteiger charge is -2.13. The molecule has 0 aliphatic heterocycles. The number of ether oxygens (including phenoxy) is 2. The third-order valence-corrected chi connectivity index (χ3v) is 3.36. The maximum atomic E-state index is 12.2. The summed E-state index contributed by atoms with van der Waals surface area (Å²) in [4.78, 5) is 22.3. The molecule has 0 atom stereocenters. The lowest BCUT2D eigenvalue weighted by Crippen LogP contribution is -2.12. The van der Waals surface area contributed by atoms with E-state index in [1.54, 1.807) is 6.07 Å². The number of nitro groups is 1. The van der Waals surface area contributed by atoms with Gasteiger partial charge in [0.05, 0.1) is 29.9 Å². The molecule has 0 saturated carbocycles. The van der Waals surface area contributed by atoms with E-state index in [2.05, 4.69) is 5.32 Å². The Morgan fingerprint density at radius 1 is 1.13 bits per heavy atom. The van der Waals surface area contributed by atoms with Crippen LogP contribution in [0.15, 0.2) is 36.4 Å². The number of hydrogen-bond acceptors (Lipinski definition) is 5. The van der Waals surface area contributed by atoms with Crippen LogP contribution < -0.4 is 14.8 Å². The number of nitrogens with one attached hydrogen (secondary N) is 1. The smallest absolute Gasteiger partial charge is 0.269 e. The van der Waals surface area contributed by atoms with Crippen molar-refractivity contribution >= 4 is 28.9 Å². The van der Waals surface area contributed by atoms with Crippen LogP contribution in [0.3, 0.4) is 0 Å². The van der Waals surface area contributed by atoms with E-state index < -0.39 is 10.8 Å². The summed E-state index contributed by atoms with van der Waals surface area (Å²) in [6.07, 6.45) is 0. The Morgan fingerprint density at radius 3 is 2.26 bits per heavy atom.